The van der Waals surface area contributed by atoms with Crippen molar-refractivity contribution >= 4 is 43.6 Å². The Hall–Kier alpha value is -6.40. The molecule has 16 nitrogen and oxygen atoms in total. The maximum atomic E-state index is 13.7. The first kappa shape index (κ1) is 69.9. The Morgan fingerprint density at radius 2 is 1.09 bits per heavy atom. The smallest absolute Gasteiger partial charge is 0.329 e. The van der Waals surface area contributed by atoms with E-state index in [0.29, 0.717) is 50.0 Å². The molecular weight excluding hydrogens is 1060 g/mol. The van der Waals surface area contributed by atoms with Gasteiger partial charge in [-0.15, -0.1) is 12.8 Å². The molecule has 452 valence electrons. The van der Waals surface area contributed by atoms with E-state index in [1.54, 1.807) is 48.8 Å². The van der Waals surface area contributed by atoms with Gasteiger partial charge in [-0.05, 0) is 107 Å². The summed E-state index contributed by atoms with van der Waals surface area (Å²) in [6.07, 6.45) is 34.1. The minimum atomic E-state index is -1.21. The first-order chi connectivity index (χ1) is 39.5. The summed E-state index contributed by atoms with van der Waals surface area (Å²) in [5, 5.41) is 25.2. The van der Waals surface area contributed by atoms with Gasteiger partial charge < -0.3 is 49.6 Å². The fraction of sp³-hybridized carbons (Fsp3) is 0.600. The standard InChI is InChI=1S/C36H56N2O6Si.C29H40N2O6/c1-7-9-10-13-19-30(20-14-11-12-18-29(3)34(39)37-24-8-2)44-36(41)32-22-17-25-38(32)35(40)31-21-15-16-23-33(31)43-28-42-26-27-45(4,5)6;1-3-5-6-8-14-22(15-9-7-10-19-26(33)27(34)30-20-4-2)37-29(36)24-17-13-21-31(24)28(35)23-16-11-12-18-25(23)32/h2,15-17,21,23,25,29-30,32H,7,9-14,18-20,22,24,26-28H2,1,3-6H3,(H,37,39);2,11-13,16,18,21-22,24,26,32-33H,3,5-10,14-15,17,19-20H2,1H3,(H,30,34)/t29-,30-,32+;22-,24+,26-/m11/s1. The van der Waals surface area contributed by atoms with E-state index >= 15 is 0 Å². The predicted octanol–water partition coefficient (Wildman–Crippen LogP) is 11.4. The van der Waals surface area contributed by atoms with E-state index in [0.717, 1.165) is 115 Å². The van der Waals surface area contributed by atoms with Gasteiger partial charge in [-0.2, -0.15) is 0 Å². The number of unbranched alkanes of at least 4 members (excludes halogenated alkanes) is 10. The van der Waals surface area contributed by atoms with Crippen LogP contribution in [0.5, 0.6) is 11.5 Å². The van der Waals surface area contributed by atoms with Crippen molar-refractivity contribution in [3.05, 3.63) is 84.2 Å². The van der Waals surface area contributed by atoms with Crippen LogP contribution in [0.15, 0.2) is 73.1 Å². The first-order valence-corrected chi connectivity index (χ1v) is 33.7. The number of carbonyl (C=O) groups is 6. The van der Waals surface area contributed by atoms with Crippen LogP contribution in [0.3, 0.4) is 0 Å². The van der Waals surface area contributed by atoms with Gasteiger partial charge in [0.2, 0.25) is 11.8 Å². The molecule has 2 aromatic rings. The van der Waals surface area contributed by atoms with Crippen LogP contribution in [-0.2, 0) is 33.4 Å². The molecule has 2 aliphatic rings. The van der Waals surface area contributed by atoms with E-state index in [1.807, 2.05) is 19.1 Å². The SMILES string of the molecule is C#CCNC(=O)[C@H](C)CCCCC[C@@H](CCCCCC)OC(=O)[C@@H]1CC=CN1C(=O)c1ccccc1OCOCC[Si](C)(C)C.C#CCNC(=O)[C@H](O)CCCCC[C@@H](CCCCCC)OC(=O)[C@@H]1CC=CN1C(=O)c1ccccc1O. The number of benzene rings is 2. The topological polar surface area (TPSA) is 210 Å². The number of aliphatic hydroxyl groups excluding tert-OH is 1. The lowest BCUT2D eigenvalue weighted by Crippen LogP contribution is -2.41. The maximum Gasteiger partial charge on any atom is 0.329 e. The summed E-state index contributed by atoms with van der Waals surface area (Å²) in [5.41, 5.74) is 0.520. The molecule has 0 radical (unpaired) electrons. The molecule has 0 fully saturated rings. The summed E-state index contributed by atoms with van der Waals surface area (Å²) in [5.74, 6) is 2.89. The lowest BCUT2D eigenvalue weighted by molar-refractivity contribution is -0.155. The van der Waals surface area contributed by atoms with E-state index in [1.165, 1.54) is 21.9 Å². The van der Waals surface area contributed by atoms with E-state index < -0.39 is 44.0 Å². The summed E-state index contributed by atoms with van der Waals surface area (Å²) in [6.45, 7) is 14.1. The Balaban J connectivity index is 0.000000438. The Morgan fingerprint density at radius 1 is 0.634 bits per heavy atom. The van der Waals surface area contributed by atoms with Crippen molar-refractivity contribution in [1.82, 2.24) is 20.4 Å². The molecule has 0 unspecified atom stereocenters. The highest BCUT2D eigenvalue weighted by atomic mass is 28.3. The van der Waals surface area contributed by atoms with Crippen LogP contribution in [0.4, 0.5) is 0 Å². The fourth-order valence-electron chi connectivity index (χ4n) is 9.45. The molecule has 4 amide bonds. The molecule has 82 heavy (non-hydrogen) atoms. The van der Waals surface area contributed by atoms with Crippen molar-refractivity contribution in [2.24, 2.45) is 5.92 Å². The van der Waals surface area contributed by atoms with Crippen LogP contribution in [0.25, 0.3) is 0 Å². The molecule has 2 aromatic carbocycles. The quantitative estimate of drug-likeness (QED) is 0.0163. The van der Waals surface area contributed by atoms with E-state index in [2.05, 4.69) is 56.0 Å². The summed E-state index contributed by atoms with van der Waals surface area (Å²) in [4.78, 5) is 79.8. The Labute approximate surface area is 490 Å². The lowest BCUT2D eigenvalue weighted by Gasteiger charge is -2.26. The van der Waals surface area contributed by atoms with E-state index in [4.69, 9.17) is 31.8 Å². The molecule has 0 saturated heterocycles. The van der Waals surface area contributed by atoms with Gasteiger partial charge in [0.1, 0.15) is 41.9 Å². The second-order valence-corrected chi connectivity index (χ2v) is 28.2. The third kappa shape index (κ3) is 26.7. The molecule has 0 aromatic heterocycles. The van der Waals surface area contributed by atoms with Gasteiger partial charge in [-0.3, -0.25) is 19.2 Å². The third-order valence-electron chi connectivity index (χ3n) is 14.5. The molecule has 2 heterocycles. The molecule has 4 rings (SSSR count). The fourth-order valence-corrected chi connectivity index (χ4v) is 10.2. The molecule has 0 bridgehead atoms. The molecule has 4 N–H and O–H groups in total. The van der Waals surface area contributed by atoms with Gasteiger partial charge in [0.05, 0.1) is 24.2 Å². The molecule has 2 aliphatic heterocycles. The summed E-state index contributed by atoms with van der Waals surface area (Å²) < 4.78 is 23.5. The van der Waals surface area contributed by atoms with Crippen LogP contribution in [0.2, 0.25) is 25.7 Å². The highest BCUT2D eigenvalue weighted by Crippen LogP contribution is 2.28. The van der Waals surface area contributed by atoms with Gasteiger partial charge in [0.15, 0.2) is 6.79 Å². The largest absolute Gasteiger partial charge is 0.507 e. The summed E-state index contributed by atoms with van der Waals surface area (Å²) >= 11 is 0. The van der Waals surface area contributed by atoms with Crippen molar-refractivity contribution in [3.8, 4) is 36.2 Å². The molecule has 6 atom stereocenters. The van der Waals surface area contributed by atoms with E-state index in [-0.39, 0.29) is 67.1 Å². The Kier molecular flexibility index (Phi) is 34.0. The average Bonchev–Trinajstić information content (AvgIpc) is 4.31. The average molecular weight is 1150 g/mol. The number of ether oxygens (including phenoxy) is 4. The molecular formula is C65H96N4O12Si. The van der Waals surface area contributed by atoms with Crippen LogP contribution >= 0.6 is 0 Å². The first-order valence-electron chi connectivity index (χ1n) is 30.0. The number of para-hydroxylation sites is 2. The number of esters is 2. The number of aliphatic hydroxyl groups is 1. The van der Waals surface area contributed by atoms with Gasteiger partial charge in [-0.25, -0.2) is 9.59 Å². The number of carbonyl (C=O) groups excluding carboxylic acids is 6. The minimum Gasteiger partial charge on any atom is -0.507 e. The maximum absolute atomic E-state index is 13.7. The third-order valence-corrected chi connectivity index (χ3v) is 16.2. The van der Waals surface area contributed by atoms with Gasteiger partial charge in [0.25, 0.3) is 11.8 Å². The number of hydrogen-bond donors (Lipinski definition) is 4. The Bertz CT molecular complexity index is 2410. The molecule has 0 saturated carbocycles. The predicted molar refractivity (Wildman–Crippen MR) is 324 cm³/mol. The number of phenols is 1. The molecule has 17 heteroatoms. The summed E-state index contributed by atoms with van der Waals surface area (Å²) in [7, 11) is -1.21. The highest BCUT2D eigenvalue weighted by molar-refractivity contribution is 6.76. The molecule has 0 spiro atoms. The zero-order valence-corrected chi connectivity index (χ0v) is 51.0. The monoisotopic (exact) mass is 1150 g/mol. The van der Waals surface area contributed by atoms with Gasteiger partial charge >= 0.3 is 11.9 Å². The normalized spacial score (nSPS) is 15.9. The highest BCUT2D eigenvalue weighted by Gasteiger charge is 2.36. The van der Waals surface area contributed by atoms with Crippen LogP contribution in [0, 0.1) is 30.6 Å². The number of nitrogens with zero attached hydrogens (tertiary/aromatic N) is 2. The van der Waals surface area contributed by atoms with Crippen LogP contribution in [0.1, 0.15) is 183 Å². The van der Waals surface area contributed by atoms with Crippen molar-refractivity contribution in [2.45, 2.75) is 218 Å². The van der Waals surface area contributed by atoms with Crippen molar-refractivity contribution in [1.29, 1.82) is 0 Å². The molecule has 0 aliphatic carbocycles. The minimum absolute atomic E-state index is 0.0140. The van der Waals surface area contributed by atoms with E-state index in [9.17, 15) is 39.0 Å². The zero-order chi connectivity index (χ0) is 60.1. The summed E-state index contributed by atoms with van der Waals surface area (Å²) in [6, 6.07) is 12.9. The van der Waals surface area contributed by atoms with Crippen molar-refractivity contribution < 1.29 is 57.9 Å². The van der Waals surface area contributed by atoms with Crippen LogP contribution in [-0.4, -0.2) is 121 Å². The van der Waals surface area contributed by atoms with Crippen molar-refractivity contribution in [2.75, 3.05) is 26.5 Å². The second-order valence-electron chi connectivity index (χ2n) is 22.5. The van der Waals surface area contributed by atoms with Crippen LogP contribution < -0.4 is 15.4 Å². The number of rotatable bonds is 38. The lowest BCUT2D eigenvalue weighted by atomic mass is 9.99. The van der Waals surface area contributed by atoms with Gasteiger partial charge in [-0.1, -0.05) is 153 Å². The number of nitrogens with one attached hydrogen (secondary N) is 2. The number of aromatic hydroxyl groups is 1. The number of phenolic OH excluding ortho intramolecular Hbond substituents is 1. The van der Waals surface area contributed by atoms with Gasteiger partial charge in [0, 0.05) is 33.0 Å². The van der Waals surface area contributed by atoms with Crippen molar-refractivity contribution in [3.63, 3.8) is 0 Å². The second kappa shape index (κ2) is 39.9. The number of amides is 4. The zero-order valence-electron chi connectivity index (χ0n) is 50.0. The number of terminal acetylenes is 2. The Morgan fingerprint density at radius 3 is 1.59 bits per heavy atom. The number of hydrogen-bond acceptors (Lipinski definition) is 12.